The van der Waals surface area contributed by atoms with Gasteiger partial charge in [-0.3, -0.25) is 0 Å². The molecule has 0 aromatic carbocycles. The lowest BCUT2D eigenvalue weighted by atomic mass is 10.0. The Balaban J connectivity index is 5.58. The molecule has 2 nitrogen and oxygen atoms in total. The predicted molar refractivity (Wildman–Crippen MR) is 47.8 cm³/mol. The average molecular weight is 322 g/mol. The molecular formula is C9H11F9O2. The highest BCUT2D eigenvalue weighted by atomic mass is 19.4. The molecule has 122 valence electrons. The zero-order valence-electron chi connectivity index (χ0n) is 10.2. The molecular weight excluding hydrogens is 311 g/mol. The summed E-state index contributed by atoms with van der Waals surface area (Å²) in [5.41, 5.74) is -8.06. The van der Waals surface area contributed by atoms with Crippen molar-refractivity contribution >= 4 is 0 Å². The molecule has 0 spiro atoms. The standard InChI is InChI=1S/C9H11F9O2/c1-5(2,19)3-4-20-6(7(10,11)12,8(13,14)15)9(16,17)18/h19H,3-4H2,1-2H3. The Labute approximate surface area is 107 Å². The van der Waals surface area contributed by atoms with Gasteiger partial charge in [-0.25, -0.2) is 0 Å². The fraction of sp³-hybridized carbons (Fsp3) is 1.00. The third-order valence-electron chi connectivity index (χ3n) is 2.23. The van der Waals surface area contributed by atoms with Crippen molar-refractivity contribution in [1.82, 2.24) is 0 Å². The highest BCUT2D eigenvalue weighted by Gasteiger charge is 2.85. The van der Waals surface area contributed by atoms with Gasteiger partial charge in [0.2, 0.25) is 0 Å². The van der Waals surface area contributed by atoms with E-state index < -0.39 is 42.8 Å². The van der Waals surface area contributed by atoms with E-state index in [9.17, 15) is 39.5 Å². The minimum absolute atomic E-state index is 0.850. The number of hydrogen-bond donors (Lipinski definition) is 1. The largest absolute Gasteiger partial charge is 0.435 e. The van der Waals surface area contributed by atoms with Crippen LogP contribution in [0.3, 0.4) is 0 Å². The van der Waals surface area contributed by atoms with Gasteiger partial charge in [-0.1, -0.05) is 0 Å². The Kier molecular flexibility index (Phi) is 5.06. The first-order valence-electron chi connectivity index (χ1n) is 5.02. The van der Waals surface area contributed by atoms with E-state index in [0.29, 0.717) is 0 Å². The Morgan fingerprint density at radius 1 is 0.750 bits per heavy atom. The summed E-state index contributed by atoms with van der Waals surface area (Å²) in [4.78, 5) is 0. The molecule has 0 saturated carbocycles. The van der Waals surface area contributed by atoms with Gasteiger partial charge in [-0.05, 0) is 20.3 Å². The van der Waals surface area contributed by atoms with Crippen LogP contribution in [0.5, 0.6) is 0 Å². The highest BCUT2D eigenvalue weighted by molar-refractivity contribution is 5.02. The van der Waals surface area contributed by atoms with Gasteiger partial charge in [0.15, 0.2) is 0 Å². The van der Waals surface area contributed by atoms with Gasteiger partial charge < -0.3 is 9.84 Å². The van der Waals surface area contributed by atoms with Crippen molar-refractivity contribution in [3.05, 3.63) is 0 Å². The molecule has 11 heteroatoms. The Morgan fingerprint density at radius 3 is 1.25 bits per heavy atom. The second kappa shape index (κ2) is 5.24. The third kappa shape index (κ3) is 3.90. The van der Waals surface area contributed by atoms with Gasteiger partial charge in [0, 0.05) is 0 Å². The van der Waals surface area contributed by atoms with Gasteiger partial charge in [0.1, 0.15) is 0 Å². The number of halogens is 9. The molecule has 0 aromatic heterocycles. The average Bonchev–Trinajstić information content (AvgIpc) is 2.03. The van der Waals surface area contributed by atoms with Crippen LogP contribution in [-0.4, -0.2) is 41.4 Å². The summed E-state index contributed by atoms with van der Waals surface area (Å²) in [6.45, 7) is 0.404. The lowest BCUT2D eigenvalue weighted by molar-refractivity contribution is -0.457. The van der Waals surface area contributed by atoms with Crippen LogP contribution < -0.4 is 0 Å². The zero-order valence-corrected chi connectivity index (χ0v) is 10.2. The van der Waals surface area contributed by atoms with Crippen LogP contribution >= 0.6 is 0 Å². The van der Waals surface area contributed by atoms with Crippen molar-refractivity contribution < 1.29 is 49.4 Å². The van der Waals surface area contributed by atoms with Crippen LogP contribution in [0.2, 0.25) is 0 Å². The summed E-state index contributed by atoms with van der Waals surface area (Å²) in [6, 6.07) is 0. The van der Waals surface area contributed by atoms with Crippen molar-refractivity contribution in [3.63, 3.8) is 0 Å². The minimum atomic E-state index is -6.75. The highest BCUT2D eigenvalue weighted by Crippen LogP contribution is 2.54. The van der Waals surface area contributed by atoms with Crippen LogP contribution in [0.1, 0.15) is 20.3 Å². The van der Waals surface area contributed by atoms with E-state index in [4.69, 9.17) is 5.11 Å². The molecule has 0 fully saturated rings. The first-order chi connectivity index (χ1) is 8.46. The first-order valence-corrected chi connectivity index (χ1v) is 5.02. The molecule has 0 aromatic rings. The summed E-state index contributed by atoms with van der Waals surface area (Å²) in [6.07, 6.45) is -21.1. The predicted octanol–water partition coefficient (Wildman–Crippen LogP) is 3.59. The number of rotatable bonds is 4. The maximum atomic E-state index is 12.4. The zero-order chi connectivity index (χ0) is 16.6. The van der Waals surface area contributed by atoms with E-state index in [1.54, 1.807) is 0 Å². The number of hydrogen-bond acceptors (Lipinski definition) is 2. The van der Waals surface area contributed by atoms with Crippen molar-refractivity contribution in [2.24, 2.45) is 0 Å². The molecule has 0 aliphatic rings. The van der Waals surface area contributed by atoms with Gasteiger partial charge in [0.25, 0.3) is 0 Å². The van der Waals surface area contributed by atoms with Crippen LogP contribution in [0, 0.1) is 0 Å². The van der Waals surface area contributed by atoms with Gasteiger partial charge in [0.05, 0.1) is 12.2 Å². The van der Waals surface area contributed by atoms with E-state index >= 15 is 0 Å². The molecule has 0 aliphatic heterocycles. The molecule has 0 bridgehead atoms. The van der Waals surface area contributed by atoms with Crippen LogP contribution in [0.4, 0.5) is 39.5 Å². The molecule has 0 unspecified atom stereocenters. The van der Waals surface area contributed by atoms with E-state index in [1.165, 1.54) is 0 Å². The summed E-state index contributed by atoms with van der Waals surface area (Å²) in [7, 11) is 0. The van der Waals surface area contributed by atoms with E-state index in [1.807, 2.05) is 0 Å². The number of alkyl halides is 9. The molecule has 0 amide bonds. The molecule has 20 heavy (non-hydrogen) atoms. The SMILES string of the molecule is CC(C)(O)CCOC(C(F)(F)F)(C(F)(F)F)C(F)(F)F. The Bertz CT molecular complexity index is 284. The molecule has 0 atom stereocenters. The second-order valence-electron chi connectivity index (χ2n) is 4.59. The molecule has 0 rings (SSSR count). The monoisotopic (exact) mass is 322 g/mol. The van der Waals surface area contributed by atoms with E-state index in [-0.39, 0.29) is 0 Å². The summed E-state index contributed by atoms with van der Waals surface area (Å²) >= 11 is 0. The molecule has 1 N–H and O–H groups in total. The van der Waals surface area contributed by atoms with Crippen molar-refractivity contribution in [3.8, 4) is 0 Å². The summed E-state index contributed by atoms with van der Waals surface area (Å²) in [5.74, 6) is 0. The second-order valence-corrected chi connectivity index (χ2v) is 4.59. The maximum absolute atomic E-state index is 12.4. The van der Waals surface area contributed by atoms with Crippen LogP contribution in [-0.2, 0) is 4.74 Å². The van der Waals surface area contributed by atoms with Crippen molar-refractivity contribution in [2.45, 2.75) is 50.0 Å². The summed E-state index contributed by atoms with van der Waals surface area (Å²) < 4.78 is 114. The maximum Gasteiger partial charge on any atom is 0.435 e. The number of ether oxygens (including phenoxy) is 1. The van der Waals surface area contributed by atoms with Gasteiger partial charge >= 0.3 is 24.1 Å². The quantitative estimate of drug-likeness (QED) is 0.802. The Morgan fingerprint density at radius 2 is 1.05 bits per heavy atom. The lowest BCUT2D eigenvalue weighted by Gasteiger charge is -2.38. The van der Waals surface area contributed by atoms with E-state index in [2.05, 4.69) is 4.74 Å². The van der Waals surface area contributed by atoms with Crippen LogP contribution in [0.15, 0.2) is 0 Å². The Hall–Kier alpha value is -0.710. The number of aliphatic hydroxyl groups is 1. The van der Waals surface area contributed by atoms with Gasteiger partial charge in [-0.15, -0.1) is 0 Å². The topological polar surface area (TPSA) is 29.5 Å². The summed E-state index contributed by atoms with van der Waals surface area (Å²) in [5, 5.41) is 9.10. The van der Waals surface area contributed by atoms with Crippen molar-refractivity contribution in [2.75, 3.05) is 6.61 Å². The first kappa shape index (κ1) is 19.3. The molecule has 0 aliphatic carbocycles. The normalized spacial score (nSPS) is 15.6. The molecule has 0 radical (unpaired) electrons. The van der Waals surface area contributed by atoms with Crippen LogP contribution in [0.25, 0.3) is 0 Å². The smallest absolute Gasteiger partial charge is 0.390 e. The lowest BCUT2D eigenvalue weighted by Crippen LogP contribution is -2.67. The van der Waals surface area contributed by atoms with E-state index in [0.717, 1.165) is 13.8 Å². The molecule has 0 saturated heterocycles. The van der Waals surface area contributed by atoms with Gasteiger partial charge in [-0.2, -0.15) is 39.5 Å². The van der Waals surface area contributed by atoms with Crippen molar-refractivity contribution in [1.29, 1.82) is 0 Å². The fourth-order valence-corrected chi connectivity index (χ4v) is 1.18. The minimum Gasteiger partial charge on any atom is -0.390 e. The fourth-order valence-electron chi connectivity index (χ4n) is 1.18. The third-order valence-corrected chi connectivity index (χ3v) is 2.23. The molecule has 0 heterocycles.